The Balaban J connectivity index is 1.47. The topological polar surface area (TPSA) is 55.1 Å². The molecule has 7 heteroatoms. The Labute approximate surface area is 124 Å². The molecule has 0 spiro atoms. The van der Waals surface area contributed by atoms with Gasteiger partial charge in [-0.3, -0.25) is 0 Å². The van der Waals surface area contributed by atoms with Gasteiger partial charge in [0.2, 0.25) is 5.89 Å². The van der Waals surface area contributed by atoms with Crippen LogP contribution in [0.3, 0.4) is 0 Å². The summed E-state index contributed by atoms with van der Waals surface area (Å²) in [5.74, 6) is 3.79. The van der Waals surface area contributed by atoms with Crippen LogP contribution in [0, 0.1) is 11.8 Å². The number of halogens is 2. The summed E-state index contributed by atoms with van der Waals surface area (Å²) < 4.78 is 5.14. The molecule has 4 atom stereocenters. The molecule has 2 aromatic heterocycles. The Morgan fingerprint density at radius 2 is 2.40 bits per heavy atom. The fourth-order valence-corrected chi connectivity index (χ4v) is 4.27. The summed E-state index contributed by atoms with van der Waals surface area (Å²) in [5.41, 5.74) is 0.0950. The van der Waals surface area contributed by atoms with Crippen molar-refractivity contribution >= 4 is 29.0 Å². The smallest absolute Gasteiger partial charge is 0.241 e. The van der Waals surface area contributed by atoms with Gasteiger partial charge >= 0.3 is 0 Å². The quantitative estimate of drug-likeness (QED) is 0.814. The Morgan fingerprint density at radius 1 is 1.50 bits per heavy atom. The molecule has 4 heterocycles. The van der Waals surface area contributed by atoms with Gasteiger partial charge in [-0.05, 0) is 18.1 Å². The largest absolute Gasteiger partial charge is 0.352 e. The molecule has 2 aliphatic heterocycles. The van der Waals surface area contributed by atoms with E-state index in [1.54, 1.807) is 12.3 Å². The highest BCUT2D eigenvalue weighted by Crippen LogP contribution is 2.85. The van der Waals surface area contributed by atoms with E-state index in [1.165, 1.54) is 0 Å². The third-order valence-electron chi connectivity index (χ3n) is 4.91. The van der Waals surface area contributed by atoms with Crippen LogP contribution in [0.1, 0.15) is 11.7 Å². The van der Waals surface area contributed by atoms with Crippen molar-refractivity contribution in [2.24, 2.45) is 11.8 Å². The fraction of sp³-hybridized carbons (Fsp3) is 0.462. The van der Waals surface area contributed by atoms with E-state index in [9.17, 15) is 0 Å². The number of fused-ring (bicyclic) bond motifs is 1. The average Bonchev–Trinajstić information content (AvgIpc) is 3.03. The molecule has 0 radical (unpaired) electrons. The van der Waals surface area contributed by atoms with E-state index in [1.807, 2.05) is 6.07 Å². The van der Waals surface area contributed by atoms with E-state index in [0.29, 0.717) is 28.8 Å². The van der Waals surface area contributed by atoms with Crippen LogP contribution >= 0.6 is 23.2 Å². The lowest BCUT2D eigenvalue weighted by atomic mass is 10.1. The predicted molar refractivity (Wildman–Crippen MR) is 72.9 cm³/mol. The first-order valence-corrected chi connectivity index (χ1v) is 7.45. The lowest BCUT2D eigenvalue weighted by Gasteiger charge is -2.17. The number of hydrogen-bond acceptors (Lipinski definition) is 5. The molecule has 2 aromatic rings. The number of anilines is 1. The van der Waals surface area contributed by atoms with Crippen molar-refractivity contribution in [3.63, 3.8) is 0 Å². The van der Waals surface area contributed by atoms with Gasteiger partial charge in [0.25, 0.3) is 0 Å². The SMILES string of the molecule is ClCc1nc([C@]23C4C2N(c2cc(Cl)ccn2)C[C@@H]43)no1. The molecule has 2 saturated heterocycles. The summed E-state index contributed by atoms with van der Waals surface area (Å²) in [6.45, 7) is 0.993. The number of alkyl halides is 1. The molecule has 2 unspecified atom stereocenters. The molecule has 2 aliphatic carbocycles. The van der Waals surface area contributed by atoms with E-state index >= 15 is 0 Å². The third-order valence-corrected chi connectivity index (χ3v) is 5.37. The van der Waals surface area contributed by atoms with E-state index in [0.717, 1.165) is 18.2 Å². The van der Waals surface area contributed by atoms with Crippen LogP contribution in [0.5, 0.6) is 0 Å². The van der Waals surface area contributed by atoms with Crippen LogP contribution in [-0.2, 0) is 11.3 Å². The molecular weight excluding hydrogens is 299 g/mol. The number of nitrogens with zero attached hydrogens (tertiary/aromatic N) is 4. The standard InChI is InChI=1S/C13H10Cl2N4O/c14-4-9-17-12(18-20-9)13-7-5-19(11(13)10(7)13)8-3-6(15)1-2-16-8/h1-3,7,10-11H,4-5H2/t7-,10?,11?,13+/m0/s1. The van der Waals surface area contributed by atoms with Crippen molar-refractivity contribution in [1.82, 2.24) is 15.1 Å². The number of pyridine rings is 1. The van der Waals surface area contributed by atoms with Crippen molar-refractivity contribution in [3.8, 4) is 0 Å². The average molecular weight is 309 g/mol. The van der Waals surface area contributed by atoms with Crippen LogP contribution in [0.25, 0.3) is 0 Å². The highest BCUT2D eigenvalue weighted by molar-refractivity contribution is 6.30. The van der Waals surface area contributed by atoms with Gasteiger partial charge in [-0.15, -0.1) is 11.6 Å². The zero-order valence-corrected chi connectivity index (χ0v) is 11.8. The Kier molecular flexibility index (Phi) is 1.96. The van der Waals surface area contributed by atoms with Gasteiger partial charge < -0.3 is 9.42 Å². The monoisotopic (exact) mass is 308 g/mol. The van der Waals surface area contributed by atoms with Crippen molar-refractivity contribution in [1.29, 1.82) is 0 Å². The maximum atomic E-state index is 6.04. The fourth-order valence-electron chi connectivity index (χ4n) is 4.01. The van der Waals surface area contributed by atoms with Crippen molar-refractivity contribution in [2.45, 2.75) is 17.3 Å². The first-order valence-electron chi connectivity index (χ1n) is 6.54. The molecule has 0 N–H and O–H groups in total. The Hall–Kier alpha value is -1.33. The van der Waals surface area contributed by atoms with Gasteiger partial charge in [0.1, 0.15) is 11.7 Å². The molecule has 6 rings (SSSR count). The second kappa shape index (κ2) is 3.46. The van der Waals surface area contributed by atoms with Crippen molar-refractivity contribution < 1.29 is 4.52 Å². The molecule has 4 aliphatic rings. The van der Waals surface area contributed by atoms with Gasteiger partial charge in [0.05, 0.1) is 5.41 Å². The minimum atomic E-state index is 0.0950. The normalized spacial score (nSPS) is 36.1. The van der Waals surface area contributed by atoms with Crippen molar-refractivity contribution in [2.75, 3.05) is 11.4 Å². The summed E-state index contributed by atoms with van der Waals surface area (Å²) in [5, 5.41) is 4.82. The second-order valence-corrected chi connectivity index (χ2v) is 6.34. The molecule has 4 fully saturated rings. The molecule has 102 valence electrons. The molecule has 0 amide bonds. The van der Waals surface area contributed by atoms with Crippen LogP contribution < -0.4 is 4.90 Å². The first kappa shape index (κ1) is 11.3. The lowest BCUT2D eigenvalue weighted by molar-refractivity contribution is 0.380. The van der Waals surface area contributed by atoms with Gasteiger partial charge in [0, 0.05) is 29.7 Å². The number of rotatable bonds is 3. The van der Waals surface area contributed by atoms with E-state index in [2.05, 4.69) is 20.0 Å². The van der Waals surface area contributed by atoms with Crippen LogP contribution in [0.2, 0.25) is 5.02 Å². The molecule has 2 saturated carbocycles. The predicted octanol–water partition coefficient (Wildman–Crippen LogP) is 2.24. The van der Waals surface area contributed by atoms with Crippen LogP contribution in [0.15, 0.2) is 22.9 Å². The molecule has 0 aromatic carbocycles. The summed E-state index contributed by atoms with van der Waals surface area (Å²) in [7, 11) is 0. The molecule has 2 bridgehead atoms. The van der Waals surface area contributed by atoms with Gasteiger partial charge in [-0.1, -0.05) is 16.8 Å². The van der Waals surface area contributed by atoms with E-state index in [4.69, 9.17) is 27.7 Å². The number of aromatic nitrogens is 3. The van der Waals surface area contributed by atoms with Gasteiger partial charge in [-0.25, -0.2) is 4.98 Å². The molecule has 5 nitrogen and oxygen atoms in total. The maximum Gasteiger partial charge on any atom is 0.241 e. The van der Waals surface area contributed by atoms with Gasteiger partial charge in [-0.2, -0.15) is 4.98 Å². The zero-order chi connectivity index (χ0) is 13.5. The summed E-state index contributed by atoms with van der Waals surface area (Å²) in [6.07, 6.45) is 1.75. The molecular formula is C13H10Cl2N4O. The Morgan fingerprint density at radius 3 is 3.10 bits per heavy atom. The molecule has 20 heavy (non-hydrogen) atoms. The van der Waals surface area contributed by atoms with E-state index in [-0.39, 0.29) is 11.3 Å². The summed E-state index contributed by atoms with van der Waals surface area (Å²) in [4.78, 5) is 11.1. The third kappa shape index (κ3) is 1.15. The zero-order valence-electron chi connectivity index (χ0n) is 10.3. The van der Waals surface area contributed by atoms with Crippen LogP contribution in [-0.4, -0.2) is 27.7 Å². The number of hydrogen-bond donors (Lipinski definition) is 0. The van der Waals surface area contributed by atoms with Crippen molar-refractivity contribution in [3.05, 3.63) is 35.1 Å². The summed E-state index contributed by atoms with van der Waals surface area (Å²) >= 11 is 11.8. The van der Waals surface area contributed by atoms with Crippen LogP contribution in [0.4, 0.5) is 5.82 Å². The second-order valence-electron chi connectivity index (χ2n) is 5.64. The maximum absolute atomic E-state index is 6.04. The van der Waals surface area contributed by atoms with E-state index < -0.39 is 0 Å². The van der Waals surface area contributed by atoms with Gasteiger partial charge in [0.15, 0.2) is 5.82 Å². The highest BCUT2D eigenvalue weighted by atomic mass is 35.5. The highest BCUT2D eigenvalue weighted by Gasteiger charge is 2.95. The minimum absolute atomic E-state index is 0.0950. The lowest BCUT2D eigenvalue weighted by Crippen LogP contribution is -2.24. The minimum Gasteiger partial charge on any atom is -0.352 e. The first-order chi connectivity index (χ1) is 9.76. The summed E-state index contributed by atoms with van der Waals surface area (Å²) in [6, 6.07) is 4.15. The Bertz CT molecular complexity index is 714. The number of piperidine rings is 1.